The van der Waals surface area contributed by atoms with E-state index in [2.05, 4.69) is 11.9 Å². The summed E-state index contributed by atoms with van der Waals surface area (Å²) in [5.74, 6) is 1.34. The number of imidazole rings is 1. The molecule has 0 spiro atoms. The molecule has 0 aliphatic rings. The fraction of sp³-hybridized carbons (Fsp3) is 0.500. The largest absolute Gasteiger partial charge is 0.383 e. The van der Waals surface area contributed by atoms with Crippen molar-refractivity contribution >= 4 is 5.82 Å². The summed E-state index contributed by atoms with van der Waals surface area (Å²) in [5.41, 5.74) is 5.96. The molecule has 2 N–H and O–H groups in total. The summed E-state index contributed by atoms with van der Waals surface area (Å²) < 4.78 is 1.77. The molecule has 4 nitrogen and oxygen atoms in total. The van der Waals surface area contributed by atoms with Gasteiger partial charge < -0.3 is 10.3 Å². The quantitative estimate of drug-likeness (QED) is 0.703. The Labute approximate surface area is 71.6 Å². The van der Waals surface area contributed by atoms with Crippen LogP contribution in [0.1, 0.15) is 24.9 Å². The number of aromatic nitrogens is 2. The topological polar surface area (TPSA) is 67.6 Å². The van der Waals surface area contributed by atoms with Crippen LogP contribution in [0.15, 0.2) is 0 Å². The van der Waals surface area contributed by atoms with Crippen molar-refractivity contribution in [2.24, 2.45) is 7.05 Å². The molecule has 0 aliphatic carbocycles. The molecular formula is C8H12N4. The standard InChI is InChI=1S/C8H12N4/c1-3-4-7-11-6(5-9)8(10)12(7)2/h3-4,10H2,1-2H3. The summed E-state index contributed by atoms with van der Waals surface area (Å²) in [6, 6.07) is 1.96. The molecule has 0 bridgehead atoms. The van der Waals surface area contributed by atoms with Crippen molar-refractivity contribution in [1.82, 2.24) is 9.55 Å². The third kappa shape index (κ3) is 1.26. The van der Waals surface area contributed by atoms with Crippen LogP contribution in [-0.4, -0.2) is 9.55 Å². The summed E-state index contributed by atoms with van der Waals surface area (Å²) in [6.07, 6.45) is 1.87. The number of anilines is 1. The molecule has 64 valence electrons. The van der Waals surface area contributed by atoms with E-state index >= 15 is 0 Å². The van der Waals surface area contributed by atoms with Gasteiger partial charge in [0.05, 0.1) is 0 Å². The van der Waals surface area contributed by atoms with Gasteiger partial charge in [0.1, 0.15) is 17.7 Å². The van der Waals surface area contributed by atoms with E-state index in [4.69, 9.17) is 11.0 Å². The zero-order valence-corrected chi connectivity index (χ0v) is 7.33. The zero-order valence-electron chi connectivity index (χ0n) is 7.33. The van der Waals surface area contributed by atoms with Gasteiger partial charge >= 0.3 is 0 Å². The van der Waals surface area contributed by atoms with E-state index in [-0.39, 0.29) is 0 Å². The Balaban J connectivity index is 3.09. The van der Waals surface area contributed by atoms with Gasteiger partial charge in [-0.3, -0.25) is 0 Å². The molecule has 1 aromatic heterocycles. The minimum absolute atomic E-state index is 0.334. The van der Waals surface area contributed by atoms with Gasteiger partial charge in [-0.1, -0.05) is 6.92 Å². The first kappa shape index (κ1) is 8.60. The molecule has 1 aromatic rings. The number of nitrogens with zero attached hydrogens (tertiary/aromatic N) is 3. The first-order valence-electron chi connectivity index (χ1n) is 3.91. The minimum atomic E-state index is 0.334. The SMILES string of the molecule is CCCc1nc(C#N)c(N)n1C. The van der Waals surface area contributed by atoms with Crippen LogP contribution in [0.4, 0.5) is 5.82 Å². The number of nitrogens with two attached hydrogens (primary N) is 1. The van der Waals surface area contributed by atoms with Crippen LogP contribution in [0.2, 0.25) is 0 Å². The number of nitriles is 1. The van der Waals surface area contributed by atoms with Crippen molar-refractivity contribution in [2.75, 3.05) is 5.73 Å². The van der Waals surface area contributed by atoms with Crippen LogP contribution in [0.5, 0.6) is 0 Å². The number of hydrogen-bond acceptors (Lipinski definition) is 3. The average Bonchev–Trinajstić information content (AvgIpc) is 2.33. The Hall–Kier alpha value is -1.50. The summed E-state index contributed by atoms with van der Waals surface area (Å²) in [5, 5.41) is 8.62. The number of nitrogen functional groups attached to an aromatic ring is 1. The predicted octanol–water partition coefficient (Wildman–Crippen LogP) is 0.826. The first-order valence-corrected chi connectivity index (χ1v) is 3.91. The van der Waals surface area contributed by atoms with Gasteiger partial charge in [0, 0.05) is 13.5 Å². The lowest BCUT2D eigenvalue weighted by Crippen LogP contribution is -2.01. The molecule has 0 amide bonds. The third-order valence-electron chi connectivity index (χ3n) is 1.81. The normalized spacial score (nSPS) is 9.75. The van der Waals surface area contributed by atoms with Crippen LogP contribution in [0.3, 0.4) is 0 Å². The lowest BCUT2D eigenvalue weighted by molar-refractivity contribution is 0.764. The van der Waals surface area contributed by atoms with Gasteiger partial charge in [-0.25, -0.2) is 4.98 Å². The highest BCUT2D eigenvalue weighted by Crippen LogP contribution is 2.12. The highest BCUT2D eigenvalue weighted by atomic mass is 15.1. The van der Waals surface area contributed by atoms with Gasteiger partial charge in [0.2, 0.25) is 0 Å². The van der Waals surface area contributed by atoms with Crippen molar-refractivity contribution in [3.8, 4) is 6.07 Å². The average molecular weight is 164 g/mol. The zero-order chi connectivity index (χ0) is 9.14. The van der Waals surface area contributed by atoms with E-state index < -0.39 is 0 Å². The highest BCUT2D eigenvalue weighted by molar-refractivity contribution is 5.45. The number of rotatable bonds is 2. The van der Waals surface area contributed by atoms with Crippen molar-refractivity contribution in [1.29, 1.82) is 5.26 Å². The van der Waals surface area contributed by atoms with E-state index in [9.17, 15) is 0 Å². The van der Waals surface area contributed by atoms with Crippen molar-refractivity contribution < 1.29 is 0 Å². The van der Waals surface area contributed by atoms with E-state index in [0.29, 0.717) is 11.5 Å². The van der Waals surface area contributed by atoms with E-state index in [1.807, 2.05) is 13.1 Å². The molecule has 0 saturated carbocycles. The summed E-state index contributed by atoms with van der Waals surface area (Å²) in [4.78, 5) is 4.09. The van der Waals surface area contributed by atoms with Gasteiger partial charge in [-0.15, -0.1) is 0 Å². The first-order chi connectivity index (χ1) is 5.70. The van der Waals surface area contributed by atoms with Crippen LogP contribution >= 0.6 is 0 Å². The molecule has 0 radical (unpaired) electrons. The van der Waals surface area contributed by atoms with Gasteiger partial charge in [-0.2, -0.15) is 5.26 Å². The Bertz CT molecular complexity index is 319. The van der Waals surface area contributed by atoms with Gasteiger partial charge in [-0.05, 0) is 6.42 Å². The molecule has 1 rings (SSSR count). The smallest absolute Gasteiger partial charge is 0.182 e. The molecule has 0 saturated heterocycles. The van der Waals surface area contributed by atoms with Crippen molar-refractivity contribution in [3.63, 3.8) is 0 Å². The monoisotopic (exact) mass is 164 g/mol. The molecule has 0 fully saturated rings. The summed E-state index contributed by atoms with van der Waals surface area (Å²) in [7, 11) is 1.83. The molecule has 4 heteroatoms. The number of hydrogen-bond donors (Lipinski definition) is 1. The Kier molecular flexibility index (Phi) is 2.34. The predicted molar refractivity (Wildman–Crippen MR) is 46.3 cm³/mol. The Morgan fingerprint density at radius 2 is 2.33 bits per heavy atom. The summed E-state index contributed by atoms with van der Waals surface area (Å²) >= 11 is 0. The fourth-order valence-corrected chi connectivity index (χ4v) is 1.09. The van der Waals surface area contributed by atoms with E-state index in [1.54, 1.807) is 4.57 Å². The highest BCUT2D eigenvalue weighted by Gasteiger charge is 2.09. The molecule has 0 aliphatic heterocycles. The maximum absolute atomic E-state index is 8.62. The van der Waals surface area contributed by atoms with Crippen LogP contribution in [-0.2, 0) is 13.5 Å². The van der Waals surface area contributed by atoms with Gasteiger partial charge in [0.15, 0.2) is 5.69 Å². The number of aryl methyl sites for hydroxylation is 1. The molecule has 12 heavy (non-hydrogen) atoms. The lowest BCUT2D eigenvalue weighted by atomic mass is 10.3. The minimum Gasteiger partial charge on any atom is -0.383 e. The lowest BCUT2D eigenvalue weighted by Gasteiger charge is -1.99. The maximum atomic E-state index is 8.62. The van der Waals surface area contributed by atoms with Crippen molar-refractivity contribution in [3.05, 3.63) is 11.5 Å². The van der Waals surface area contributed by atoms with Gasteiger partial charge in [0.25, 0.3) is 0 Å². The molecule has 0 unspecified atom stereocenters. The van der Waals surface area contributed by atoms with E-state index in [1.165, 1.54) is 0 Å². The Morgan fingerprint density at radius 3 is 2.75 bits per heavy atom. The maximum Gasteiger partial charge on any atom is 0.182 e. The van der Waals surface area contributed by atoms with Crippen molar-refractivity contribution in [2.45, 2.75) is 19.8 Å². The molecular weight excluding hydrogens is 152 g/mol. The van der Waals surface area contributed by atoms with E-state index in [0.717, 1.165) is 18.7 Å². The third-order valence-corrected chi connectivity index (χ3v) is 1.81. The molecule has 0 aromatic carbocycles. The molecule has 0 atom stereocenters. The van der Waals surface area contributed by atoms with Crippen LogP contribution in [0, 0.1) is 11.3 Å². The fourth-order valence-electron chi connectivity index (χ4n) is 1.09. The second kappa shape index (κ2) is 3.26. The Morgan fingerprint density at radius 1 is 1.67 bits per heavy atom. The second-order valence-electron chi connectivity index (χ2n) is 2.68. The van der Waals surface area contributed by atoms with Crippen LogP contribution in [0.25, 0.3) is 0 Å². The second-order valence-corrected chi connectivity index (χ2v) is 2.68. The molecule has 1 heterocycles. The van der Waals surface area contributed by atoms with Crippen LogP contribution < -0.4 is 5.73 Å². The summed E-state index contributed by atoms with van der Waals surface area (Å²) in [6.45, 7) is 2.07.